The van der Waals surface area contributed by atoms with Crippen LogP contribution < -0.4 is 15.7 Å². The van der Waals surface area contributed by atoms with Crippen molar-refractivity contribution in [2.45, 2.75) is 38.5 Å². The molecular weight excluding hydrogens is 635 g/mol. The summed E-state index contributed by atoms with van der Waals surface area (Å²) in [6, 6.07) is 31.2. The number of rotatable bonds is 9. The Morgan fingerprint density at radius 3 is 2.00 bits per heavy atom. The molecule has 1 N–H and O–H groups in total. The maximum atomic E-state index is 13.0. The maximum Gasteiger partial charge on any atom is 0.416 e. The Balaban J connectivity index is 1.38. The van der Waals surface area contributed by atoms with E-state index in [0.717, 1.165) is 16.6 Å². The minimum absolute atomic E-state index is 0.161. The lowest BCUT2D eigenvalue weighted by Gasteiger charge is -2.43. The molecule has 0 unspecified atom stereocenters. The summed E-state index contributed by atoms with van der Waals surface area (Å²) in [6.45, 7) is 7.43. The van der Waals surface area contributed by atoms with Gasteiger partial charge in [-0.05, 0) is 63.1 Å². The molecule has 0 fully saturated rings. The second-order valence-corrected chi connectivity index (χ2v) is 16.3. The zero-order chi connectivity index (χ0) is 30.7. The molecular formula is C32H31BrF3N5OSi. The van der Waals surface area contributed by atoms with Gasteiger partial charge >= 0.3 is 6.18 Å². The van der Waals surface area contributed by atoms with Crippen molar-refractivity contribution in [3.05, 3.63) is 113 Å². The zero-order valence-electron chi connectivity index (χ0n) is 23.9. The summed E-state index contributed by atoms with van der Waals surface area (Å²) in [5.41, 5.74) is 1.07. The Morgan fingerprint density at radius 1 is 0.837 bits per heavy atom. The minimum Gasteiger partial charge on any atom is -0.405 e. The fourth-order valence-electron chi connectivity index (χ4n) is 5.20. The summed E-state index contributed by atoms with van der Waals surface area (Å²) in [5.74, 6) is 0.376. The van der Waals surface area contributed by atoms with E-state index in [1.807, 2.05) is 30.3 Å². The Kier molecular flexibility index (Phi) is 8.86. The number of benzene rings is 4. The van der Waals surface area contributed by atoms with Crippen LogP contribution >= 0.6 is 15.9 Å². The average molecular weight is 667 g/mol. The van der Waals surface area contributed by atoms with E-state index in [2.05, 4.69) is 106 Å². The Morgan fingerprint density at radius 2 is 1.44 bits per heavy atom. The van der Waals surface area contributed by atoms with Gasteiger partial charge in [0.15, 0.2) is 0 Å². The van der Waals surface area contributed by atoms with E-state index in [1.54, 1.807) is 0 Å². The van der Waals surface area contributed by atoms with Crippen LogP contribution in [0.2, 0.25) is 5.04 Å². The number of tetrazole rings is 1. The van der Waals surface area contributed by atoms with E-state index >= 15 is 0 Å². The van der Waals surface area contributed by atoms with Gasteiger partial charge in [-0.25, -0.2) is 0 Å². The minimum atomic E-state index is -4.40. The van der Waals surface area contributed by atoms with Crippen LogP contribution in [0.4, 0.5) is 24.5 Å². The molecule has 1 aromatic heterocycles. The van der Waals surface area contributed by atoms with Gasteiger partial charge in [0.2, 0.25) is 5.82 Å². The first kappa shape index (κ1) is 30.6. The van der Waals surface area contributed by atoms with Gasteiger partial charge in [-0.2, -0.15) is 18.0 Å². The molecule has 0 atom stereocenters. The number of hydrogen-bond donors (Lipinski definition) is 1. The van der Waals surface area contributed by atoms with E-state index in [0.29, 0.717) is 35.9 Å². The number of anilines is 2. The molecule has 43 heavy (non-hydrogen) atoms. The number of halogens is 4. The van der Waals surface area contributed by atoms with Crippen LogP contribution in [0.1, 0.15) is 26.3 Å². The van der Waals surface area contributed by atoms with Crippen LogP contribution in [0.25, 0.3) is 11.4 Å². The van der Waals surface area contributed by atoms with E-state index in [-0.39, 0.29) is 5.04 Å². The third-order valence-corrected chi connectivity index (χ3v) is 12.7. The van der Waals surface area contributed by atoms with Gasteiger partial charge in [-0.15, -0.1) is 10.2 Å². The van der Waals surface area contributed by atoms with Crippen molar-refractivity contribution in [2.75, 3.05) is 11.9 Å². The molecule has 222 valence electrons. The van der Waals surface area contributed by atoms with E-state index in [4.69, 9.17) is 4.43 Å². The highest BCUT2D eigenvalue weighted by Crippen LogP contribution is 2.37. The van der Waals surface area contributed by atoms with Crippen molar-refractivity contribution >= 4 is 46.0 Å². The Hall–Kier alpha value is -3.80. The summed E-state index contributed by atoms with van der Waals surface area (Å²) in [6.07, 6.45) is -4.40. The summed E-state index contributed by atoms with van der Waals surface area (Å²) in [7, 11) is -2.71. The maximum absolute atomic E-state index is 13.0. The summed E-state index contributed by atoms with van der Waals surface area (Å²) >= 11 is 3.49. The van der Waals surface area contributed by atoms with Gasteiger partial charge in [0.05, 0.1) is 18.7 Å². The predicted molar refractivity (Wildman–Crippen MR) is 169 cm³/mol. The van der Waals surface area contributed by atoms with Crippen LogP contribution in [0, 0.1) is 0 Å². The van der Waals surface area contributed by atoms with Crippen molar-refractivity contribution in [3.8, 4) is 11.4 Å². The molecule has 1 heterocycles. The number of alkyl halides is 3. The molecule has 0 saturated heterocycles. The van der Waals surface area contributed by atoms with Crippen molar-refractivity contribution in [2.24, 2.45) is 0 Å². The standard InChI is InChI=1S/C32H31BrF3N5OSi/c1-31(2,3)43(26-10-6-4-7-11-26,27-12-8-5-9-13-27)42-21-20-41-39-30(38-40-41)28-22-24(33)16-19-29(28)37-25-17-14-23(15-18-25)32(34,35)36/h4-19,22,37H,20-21H2,1-3H3. The first-order valence-corrected chi connectivity index (χ1v) is 16.4. The van der Waals surface area contributed by atoms with Gasteiger partial charge in [0, 0.05) is 21.4 Å². The fraction of sp³-hybridized carbons (Fsp3) is 0.219. The Bertz CT molecular complexity index is 1620. The molecule has 0 aliphatic heterocycles. The number of hydrogen-bond acceptors (Lipinski definition) is 5. The molecule has 0 aliphatic rings. The first-order chi connectivity index (χ1) is 20.5. The summed E-state index contributed by atoms with van der Waals surface area (Å²) < 4.78 is 46.8. The highest BCUT2D eigenvalue weighted by atomic mass is 79.9. The monoisotopic (exact) mass is 665 g/mol. The van der Waals surface area contributed by atoms with Crippen LogP contribution in [0.5, 0.6) is 0 Å². The van der Waals surface area contributed by atoms with Gasteiger partial charge in [-0.3, -0.25) is 0 Å². The largest absolute Gasteiger partial charge is 0.416 e. The molecule has 6 nitrogen and oxygen atoms in total. The lowest BCUT2D eigenvalue weighted by Crippen LogP contribution is -2.66. The molecule has 11 heteroatoms. The van der Waals surface area contributed by atoms with Gasteiger partial charge < -0.3 is 9.74 Å². The topological polar surface area (TPSA) is 64.9 Å². The van der Waals surface area contributed by atoms with Gasteiger partial charge in [0.1, 0.15) is 0 Å². The number of nitrogens with zero attached hydrogens (tertiary/aromatic N) is 4. The third kappa shape index (κ3) is 6.74. The van der Waals surface area contributed by atoms with Crippen molar-refractivity contribution in [1.29, 1.82) is 0 Å². The van der Waals surface area contributed by atoms with Gasteiger partial charge in [0.25, 0.3) is 8.32 Å². The smallest absolute Gasteiger partial charge is 0.405 e. The fourth-order valence-corrected chi connectivity index (χ4v) is 10.1. The van der Waals surface area contributed by atoms with E-state index < -0.39 is 20.1 Å². The molecule has 0 amide bonds. The third-order valence-electron chi connectivity index (χ3n) is 7.19. The summed E-state index contributed by atoms with van der Waals surface area (Å²) in [5, 5.41) is 18.6. The van der Waals surface area contributed by atoms with Crippen LogP contribution in [0.15, 0.2) is 108 Å². The predicted octanol–water partition coefficient (Wildman–Crippen LogP) is 7.44. The SMILES string of the molecule is CC(C)(C)[Si](OCCn1nnc(-c2cc(Br)ccc2Nc2ccc(C(F)(F)F)cc2)n1)(c1ccccc1)c1ccccc1. The van der Waals surface area contributed by atoms with Crippen LogP contribution in [0.3, 0.4) is 0 Å². The zero-order valence-corrected chi connectivity index (χ0v) is 26.5. The second-order valence-electron chi connectivity index (χ2n) is 11.1. The van der Waals surface area contributed by atoms with Crippen LogP contribution in [-0.4, -0.2) is 35.1 Å². The highest BCUT2D eigenvalue weighted by Gasteiger charge is 2.50. The normalized spacial score (nSPS) is 12.3. The van der Waals surface area contributed by atoms with Crippen molar-refractivity contribution in [1.82, 2.24) is 20.2 Å². The van der Waals surface area contributed by atoms with Crippen molar-refractivity contribution < 1.29 is 17.6 Å². The second kappa shape index (κ2) is 12.4. The molecule has 0 radical (unpaired) electrons. The summed E-state index contributed by atoms with van der Waals surface area (Å²) in [4.78, 5) is 1.51. The average Bonchev–Trinajstić information content (AvgIpc) is 3.45. The molecule has 0 bridgehead atoms. The first-order valence-electron chi connectivity index (χ1n) is 13.7. The Labute approximate surface area is 258 Å². The quantitative estimate of drug-likeness (QED) is 0.166. The molecule has 0 spiro atoms. The van der Waals surface area contributed by atoms with Gasteiger partial charge in [-0.1, -0.05) is 97.4 Å². The highest BCUT2D eigenvalue weighted by molar-refractivity contribution is 9.10. The van der Waals surface area contributed by atoms with Crippen molar-refractivity contribution in [3.63, 3.8) is 0 Å². The van der Waals surface area contributed by atoms with E-state index in [9.17, 15) is 13.2 Å². The van der Waals surface area contributed by atoms with Crippen LogP contribution in [-0.2, 0) is 17.1 Å². The molecule has 5 rings (SSSR count). The number of nitrogens with one attached hydrogen (secondary N) is 1. The lowest BCUT2D eigenvalue weighted by molar-refractivity contribution is -0.137. The molecule has 5 aromatic rings. The molecule has 0 aliphatic carbocycles. The van der Waals surface area contributed by atoms with E-state index in [1.165, 1.54) is 27.3 Å². The lowest BCUT2D eigenvalue weighted by atomic mass is 10.1. The molecule has 4 aromatic carbocycles. The molecule has 0 saturated carbocycles. The number of aromatic nitrogens is 4.